The van der Waals surface area contributed by atoms with E-state index in [0.29, 0.717) is 24.4 Å². The van der Waals surface area contributed by atoms with E-state index in [2.05, 4.69) is 30.9 Å². The monoisotopic (exact) mass is 364 g/mol. The molecule has 1 fully saturated rings. The van der Waals surface area contributed by atoms with Crippen LogP contribution in [0.25, 0.3) is 5.65 Å². The third-order valence-corrected chi connectivity index (χ3v) is 4.98. The first kappa shape index (κ1) is 17.7. The highest BCUT2D eigenvalue weighted by molar-refractivity contribution is 5.93. The van der Waals surface area contributed by atoms with Crippen LogP contribution in [0.2, 0.25) is 0 Å². The Labute approximate surface area is 158 Å². The van der Waals surface area contributed by atoms with E-state index in [1.165, 1.54) is 0 Å². The van der Waals surface area contributed by atoms with E-state index >= 15 is 0 Å². The Morgan fingerprint density at radius 1 is 1.15 bits per heavy atom. The van der Waals surface area contributed by atoms with Crippen molar-refractivity contribution >= 4 is 11.6 Å². The summed E-state index contributed by atoms with van der Waals surface area (Å²) in [6.45, 7) is 7.48. The standard InChI is InChI=1S/C21H24N4O2/c1-21(2,3)18-14-24(13-17(27-18)15-8-5-4-6-9-15)20(26)16-12-19-22-10-7-11-25(19)23-16/h4-12,17-18H,13-14H2,1-3H3/t17-,18+/m0/s1. The van der Waals surface area contributed by atoms with Crippen molar-refractivity contribution in [3.63, 3.8) is 0 Å². The van der Waals surface area contributed by atoms with Gasteiger partial charge < -0.3 is 9.64 Å². The highest BCUT2D eigenvalue weighted by Gasteiger charge is 2.38. The van der Waals surface area contributed by atoms with Crippen molar-refractivity contribution in [1.82, 2.24) is 19.5 Å². The number of nitrogens with zero attached hydrogens (tertiary/aromatic N) is 4. The molecule has 6 nitrogen and oxygen atoms in total. The fraction of sp³-hybridized carbons (Fsp3) is 0.381. The van der Waals surface area contributed by atoms with Crippen molar-refractivity contribution in [1.29, 1.82) is 0 Å². The maximum absolute atomic E-state index is 13.2. The molecule has 2 aromatic heterocycles. The lowest BCUT2D eigenvalue weighted by atomic mass is 9.87. The van der Waals surface area contributed by atoms with Gasteiger partial charge in [0.2, 0.25) is 0 Å². The molecule has 27 heavy (non-hydrogen) atoms. The van der Waals surface area contributed by atoms with Crippen LogP contribution in [0.15, 0.2) is 54.9 Å². The number of fused-ring (bicyclic) bond motifs is 1. The topological polar surface area (TPSA) is 59.7 Å². The zero-order valence-corrected chi connectivity index (χ0v) is 15.9. The molecule has 1 aliphatic rings. The number of amides is 1. The highest BCUT2D eigenvalue weighted by atomic mass is 16.5. The second-order valence-corrected chi connectivity index (χ2v) is 8.05. The van der Waals surface area contributed by atoms with Gasteiger partial charge >= 0.3 is 0 Å². The van der Waals surface area contributed by atoms with Gasteiger partial charge in [-0.05, 0) is 17.0 Å². The molecule has 0 saturated carbocycles. The SMILES string of the molecule is CC(C)(C)[C@H]1CN(C(=O)c2cc3ncccn3n2)C[C@@H](c2ccccc2)O1. The molecule has 1 aliphatic heterocycles. The first-order valence-electron chi connectivity index (χ1n) is 9.22. The lowest BCUT2D eigenvalue weighted by Gasteiger charge is -2.43. The molecule has 1 saturated heterocycles. The number of hydrogen-bond donors (Lipinski definition) is 0. The van der Waals surface area contributed by atoms with Crippen LogP contribution < -0.4 is 0 Å². The lowest BCUT2D eigenvalue weighted by Crippen LogP contribution is -2.51. The second-order valence-electron chi connectivity index (χ2n) is 8.05. The van der Waals surface area contributed by atoms with E-state index in [4.69, 9.17) is 4.74 Å². The van der Waals surface area contributed by atoms with Crippen LogP contribution in [0.3, 0.4) is 0 Å². The molecule has 2 atom stereocenters. The van der Waals surface area contributed by atoms with Crippen LogP contribution in [0, 0.1) is 5.41 Å². The maximum atomic E-state index is 13.2. The fourth-order valence-corrected chi connectivity index (χ4v) is 3.35. The largest absolute Gasteiger partial charge is 0.366 e. The Balaban J connectivity index is 1.64. The quantitative estimate of drug-likeness (QED) is 0.700. The first-order chi connectivity index (χ1) is 12.9. The molecular formula is C21H24N4O2. The molecule has 3 aromatic rings. The molecule has 6 heteroatoms. The van der Waals surface area contributed by atoms with Crippen molar-refractivity contribution in [3.05, 3.63) is 66.1 Å². The summed E-state index contributed by atoms with van der Waals surface area (Å²) in [5.41, 5.74) is 2.09. The number of ether oxygens (including phenoxy) is 1. The molecule has 1 aromatic carbocycles. The summed E-state index contributed by atoms with van der Waals surface area (Å²) >= 11 is 0. The molecule has 0 N–H and O–H groups in total. The Bertz CT molecular complexity index is 912. The van der Waals surface area contributed by atoms with Gasteiger partial charge in [-0.3, -0.25) is 4.79 Å². The number of carbonyl (C=O) groups excluding carboxylic acids is 1. The molecule has 1 amide bonds. The Kier molecular flexibility index (Phi) is 4.44. The van der Waals surface area contributed by atoms with Gasteiger partial charge in [-0.25, -0.2) is 9.50 Å². The zero-order valence-electron chi connectivity index (χ0n) is 15.9. The minimum atomic E-state index is -0.150. The van der Waals surface area contributed by atoms with E-state index in [-0.39, 0.29) is 23.5 Å². The van der Waals surface area contributed by atoms with Crippen LogP contribution in [0.5, 0.6) is 0 Å². The molecule has 0 bridgehead atoms. The Morgan fingerprint density at radius 3 is 2.63 bits per heavy atom. The van der Waals surface area contributed by atoms with Crippen LogP contribution >= 0.6 is 0 Å². The maximum Gasteiger partial charge on any atom is 0.274 e. The number of benzene rings is 1. The van der Waals surface area contributed by atoms with Gasteiger partial charge in [0.1, 0.15) is 6.10 Å². The smallest absolute Gasteiger partial charge is 0.274 e. The van der Waals surface area contributed by atoms with Crippen molar-refractivity contribution in [2.24, 2.45) is 5.41 Å². The van der Waals surface area contributed by atoms with E-state index < -0.39 is 0 Å². The predicted molar refractivity (Wildman–Crippen MR) is 102 cm³/mol. The molecule has 0 radical (unpaired) electrons. The molecule has 3 heterocycles. The fourth-order valence-electron chi connectivity index (χ4n) is 3.35. The summed E-state index contributed by atoms with van der Waals surface area (Å²) in [4.78, 5) is 19.3. The number of rotatable bonds is 2. The number of hydrogen-bond acceptors (Lipinski definition) is 4. The summed E-state index contributed by atoms with van der Waals surface area (Å²) < 4.78 is 8.01. The number of morpholine rings is 1. The molecule has 0 spiro atoms. The second kappa shape index (κ2) is 6.78. The van der Waals surface area contributed by atoms with Gasteiger partial charge in [0.25, 0.3) is 5.91 Å². The summed E-state index contributed by atoms with van der Waals surface area (Å²) in [5, 5.41) is 4.39. The third kappa shape index (κ3) is 3.57. The van der Waals surface area contributed by atoms with Crippen LogP contribution in [0.4, 0.5) is 0 Å². The summed E-state index contributed by atoms with van der Waals surface area (Å²) in [6, 6.07) is 13.6. The minimum Gasteiger partial charge on any atom is -0.366 e. The average molecular weight is 364 g/mol. The molecular weight excluding hydrogens is 340 g/mol. The van der Waals surface area contributed by atoms with E-state index in [0.717, 1.165) is 5.56 Å². The van der Waals surface area contributed by atoms with Gasteiger partial charge in [0.05, 0.1) is 12.6 Å². The molecule has 0 unspecified atom stereocenters. The van der Waals surface area contributed by atoms with Crippen LogP contribution in [-0.2, 0) is 4.74 Å². The molecule has 0 aliphatic carbocycles. The van der Waals surface area contributed by atoms with Gasteiger partial charge in [-0.1, -0.05) is 51.1 Å². The number of carbonyl (C=O) groups is 1. The van der Waals surface area contributed by atoms with Crippen molar-refractivity contribution in [3.8, 4) is 0 Å². The lowest BCUT2D eigenvalue weighted by molar-refractivity contribution is -0.119. The van der Waals surface area contributed by atoms with E-state index in [1.54, 1.807) is 29.0 Å². The summed E-state index contributed by atoms with van der Waals surface area (Å²) in [5.74, 6) is -0.0843. The summed E-state index contributed by atoms with van der Waals surface area (Å²) in [6.07, 6.45) is 3.28. The summed E-state index contributed by atoms with van der Waals surface area (Å²) in [7, 11) is 0. The highest BCUT2D eigenvalue weighted by Crippen LogP contribution is 2.34. The normalized spacial score (nSPS) is 20.8. The minimum absolute atomic E-state index is 0.0597. The van der Waals surface area contributed by atoms with E-state index in [9.17, 15) is 4.79 Å². The van der Waals surface area contributed by atoms with Crippen molar-refractivity contribution in [2.75, 3.05) is 13.1 Å². The first-order valence-corrected chi connectivity index (χ1v) is 9.22. The Morgan fingerprint density at radius 2 is 1.93 bits per heavy atom. The van der Waals surface area contributed by atoms with Gasteiger partial charge in [0, 0.05) is 25.0 Å². The van der Waals surface area contributed by atoms with Crippen molar-refractivity contribution < 1.29 is 9.53 Å². The molecule has 140 valence electrons. The Hall–Kier alpha value is -2.73. The third-order valence-electron chi connectivity index (χ3n) is 4.98. The van der Waals surface area contributed by atoms with Crippen LogP contribution in [0.1, 0.15) is 42.9 Å². The number of aromatic nitrogens is 3. The molecule has 4 rings (SSSR count). The average Bonchev–Trinajstić information content (AvgIpc) is 3.11. The van der Waals surface area contributed by atoms with Crippen molar-refractivity contribution in [2.45, 2.75) is 33.0 Å². The van der Waals surface area contributed by atoms with E-state index in [1.807, 2.05) is 35.2 Å². The zero-order chi connectivity index (χ0) is 19.0. The van der Waals surface area contributed by atoms with Gasteiger partial charge in [0.15, 0.2) is 11.3 Å². The predicted octanol–water partition coefficient (Wildman–Crippen LogP) is 3.36. The van der Waals surface area contributed by atoms with Gasteiger partial charge in [-0.2, -0.15) is 5.10 Å². The van der Waals surface area contributed by atoms with Gasteiger partial charge in [-0.15, -0.1) is 0 Å². The van der Waals surface area contributed by atoms with Crippen LogP contribution in [-0.4, -0.2) is 44.6 Å².